The van der Waals surface area contributed by atoms with Crippen LogP contribution in [0.1, 0.15) is 28.8 Å². The zero-order valence-corrected chi connectivity index (χ0v) is 15.8. The van der Waals surface area contributed by atoms with E-state index in [1.807, 2.05) is 24.3 Å². The fraction of sp³-hybridized carbons (Fsp3) is 0.450. The number of hydrogen-bond acceptors (Lipinski definition) is 7. The van der Waals surface area contributed by atoms with Crippen molar-refractivity contribution in [1.29, 1.82) is 10.5 Å². The number of rotatable bonds is 7. The average molecular weight is 367 g/mol. The summed E-state index contributed by atoms with van der Waals surface area (Å²) in [4.78, 5) is 13.9. The van der Waals surface area contributed by atoms with E-state index in [1.54, 1.807) is 19.2 Å². The summed E-state index contributed by atoms with van der Waals surface area (Å²) in [6, 6.07) is 11.3. The molecule has 1 aliphatic heterocycles. The van der Waals surface area contributed by atoms with Gasteiger partial charge in [-0.2, -0.15) is 10.5 Å². The first kappa shape index (κ1) is 20.3. The Hall–Kier alpha value is -3.03. The zero-order chi connectivity index (χ0) is 19.6. The van der Waals surface area contributed by atoms with Gasteiger partial charge in [0.2, 0.25) is 0 Å². The van der Waals surface area contributed by atoms with E-state index in [4.69, 9.17) is 15.3 Å². The Morgan fingerprint density at radius 2 is 2.00 bits per heavy atom. The summed E-state index contributed by atoms with van der Waals surface area (Å²) in [5, 5.41) is 24.1. The summed E-state index contributed by atoms with van der Waals surface area (Å²) < 4.78 is 4.72. The molecule has 0 spiro atoms. The molecule has 0 amide bonds. The lowest BCUT2D eigenvalue weighted by atomic mass is 9.97. The van der Waals surface area contributed by atoms with Crippen LogP contribution in [0.4, 0.5) is 0 Å². The second kappa shape index (κ2) is 10.2. The Balaban J connectivity index is 1.90. The third kappa shape index (κ3) is 5.73. The first-order valence-electron chi connectivity index (χ1n) is 8.97. The monoisotopic (exact) mass is 367 g/mol. The number of methoxy groups -OCH3 is 1. The highest BCUT2D eigenvalue weighted by molar-refractivity contribution is 5.89. The summed E-state index contributed by atoms with van der Waals surface area (Å²) in [5.74, 6) is 0.596. The van der Waals surface area contributed by atoms with Gasteiger partial charge in [-0.3, -0.25) is 4.90 Å². The van der Waals surface area contributed by atoms with Crippen molar-refractivity contribution in [3.05, 3.63) is 46.8 Å². The summed E-state index contributed by atoms with van der Waals surface area (Å²) in [6.07, 6.45) is 2.21. The summed E-state index contributed by atoms with van der Waals surface area (Å²) in [6.45, 7) is 3.51. The van der Waals surface area contributed by atoms with Gasteiger partial charge < -0.3 is 15.4 Å². The molecule has 2 N–H and O–H groups in total. The van der Waals surface area contributed by atoms with E-state index in [-0.39, 0.29) is 11.5 Å². The predicted octanol–water partition coefficient (Wildman–Crippen LogP) is 1.75. The third-order valence-corrected chi connectivity index (χ3v) is 4.68. The standard InChI is InChI=1S/C20H25N5O2/c1-23-19(18(10-21)11-22)24-12-16-4-3-9-25(14-16)13-15-5-7-17(8-6-15)20(26)27-2/h5-8,16,23-24H,3-4,9,12-14H2,1-2H3. The number of nitrogens with one attached hydrogen (secondary N) is 2. The van der Waals surface area contributed by atoms with Crippen LogP contribution in [0.15, 0.2) is 35.7 Å². The molecule has 1 aliphatic rings. The van der Waals surface area contributed by atoms with Gasteiger partial charge in [0, 0.05) is 26.7 Å². The lowest BCUT2D eigenvalue weighted by Crippen LogP contribution is -2.40. The van der Waals surface area contributed by atoms with Gasteiger partial charge in [-0.25, -0.2) is 4.79 Å². The van der Waals surface area contributed by atoms with Crippen LogP contribution in [0.25, 0.3) is 0 Å². The maximum atomic E-state index is 11.5. The van der Waals surface area contributed by atoms with E-state index in [9.17, 15) is 4.79 Å². The summed E-state index contributed by atoms with van der Waals surface area (Å²) >= 11 is 0. The molecule has 27 heavy (non-hydrogen) atoms. The van der Waals surface area contributed by atoms with Crippen molar-refractivity contribution in [2.24, 2.45) is 5.92 Å². The molecule has 0 aromatic heterocycles. The van der Waals surface area contributed by atoms with Crippen LogP contribution in [-0.4, -0.2) is 44.7 Å². The molecule has 2 rings (SSSR count). The van der Waals surface area contributed by atoms with E-state index < -0.39 is 0 Å². The average Bonchev–Trinajstić information content (AvgIpc) is 2.71. The van der Waals surface area contributed by atoms with Crippen LogP contribution in [0.2, 0.25) is 0 Å². The Bertz CT molecular complexity index is 742. The van der Waals surface area contributed by atoms with E-state index >= 15 is 0 Å². The van der Waals surface area contributed by atoms with Gasteiger partial charge in [-0.1, -0.05) is 12.1 Å². The Morgan fingerprint density at radius 3 is 2.59 bits per heavy atom. The van der Waals surface area contributed by atoms with Crippen molar-refractivity contribution in [1.82, 2.24) is 15.5 Å². The van der Waals surface area contributed by atoms with Crippen LogP contribution in [0.5, 0.6) is 0 Å². The second-order valence-corrected chi connectivity index (χ2v) is 6.54. The molecular weight excluding hydrogens is 342 g/mol. The molecule has 1 atom stereocenters. The largest absolute Gasteiger partial charge is 0.465 e. The number of likely N-dealkylation sites (tertiary alicyclic amines) is 1. The molecule has 0 aliphatic carbocycles. The minimum atomic E-state index is -0.326. The van der Waals surface area contributed by atoms with Crippen LogP contribution in [0, 0.1) is 28.6 Å². The van der Waals surface area contributed by atoms with Crippen LogP contribution in [-0.2, 0) is 11.3 Å². The molecule has 7 heteroatoms. The van der Waals surface area contributed by atoms with Gasteiger partial charge in [0.15, 0.2) is 5.57 Å². The van der Waals surface area contributed by atoms with E-state index in [2.05, 4.69) is 15.5 Å². The van der Waals surface area contributed by atoms with E-state index in [0.29, 0.717) is 23.8 Å². The molecule has 1 aromatic carbocycles. The predicted molar refractivity (Wildman–Crippen MR) is 101 cm³/mol. The van der Waals surface area contributed by atoms with E-state index in [0.717, 1.165) is 38.0 Å². The number of nitrogens with zero attached hydrogens (tertiary/aromatic N) is 3. The molecular formula is C20H25N5O2. The number of carbonyl (C=O) groups excluding carboxylic acids is 1. The zero-order valence-electron chi connectivity index (χ0n) is 15.8. The highest BCUT2D eigenvalue weighted by atomic mass is 16.5. The Morgan fingerprint density at radius 1 is 1.30 bits per heavy atom. The molecule has 1 aromatic rings. The van der Waals surface area contributed by atoms with Gasteiger partial charge in [0.25, 0.3) is 0 Å². The number of hydrogen-bond donors (Lipinski definition) is 2. The quantitative estimate of drug-likeness (QED) is 0.559. The van der Waals surface area contributed by atoms with Crippen molar-refractivity contribution < 1.29 is 9.53 Å². The molecule has 1 heterocycles. The molecule has 7 nitrogen and oxygen atoms in total. The van der Waals surface area contributed by atoms with Crippen molar-refractivity contribution in [2.45, 2.75) is 19.4 Å². The number of esters is 1. The first-order valence-corrected chi connectivity index (χ1v) is 8.97. The van der Waals surface area contributed by atoms with E-state index in [1.165, 1.54) is 7.11 Å². The molecule has 1 saturated heterocycles. The normalized spacial score (nSPS) is 16.5. The molecule has 1 unspecified atom stereocenters. The lowest BCUT2D eigenvalue weighted by Gasteiger charge is -2.33. The second-order valence-electron chi connectivity index (χ2n) is 6.54. The first-order chi connectivity index (χ1) is 13.1. The number of allylic oxidation sites excluding steroid dienone is 1. The molecule has 0 saturated carbocycles. The van der Waals surface area contributed by atoms with Crippen molar-refractivity contribution in [3.63, 3.8) is 0 Å². The van der Waals surface area contributed by atoms with Gasteiger partial charge in [0.05, 0.1) is 12.7 Å². The number of ether oxygens (including phenoxy) is 1. The topological polar surface area (TPSA) is 101 Å². The number of nitriles is 2. The highest BCUT2D eigenvalue weighted by Gasteiger charge is 2.20. The highest BCUT2D eigenvalue weighted by Crippen LogP contribution is 2.19. The lowest BCUT2D eigenvalue weighted by molar-refractivity contribution is 0.0600. The Labute approximate surface area is 160 Å². The fourth-order valence-corrected chi connectivity index (χ4v) is 3.27. The van der Waals surface area contributed by atoms with Crippen LogP contribution in [0.3, 0.4) is 0 Å². The molecule has 142 valence electrons. The van der Waals surface area contributed by atoms with Gasteiger partial charge >= 0.3 is 5.97 Å². The fourth-order valence-electron chi connectivity index (χ4n) is 3.27. The maximum Gasteiger partial charge on any atom is 0.337 e. The number of carbonyl (C=O) groups is 1. The smallest absolute Gasteiger partial charge is 0.337 e. The summed E-state index contributed by atoms with van der Waals surface area (Å²) in [7, 11) is 3.07. The van der Waals surface area contributed by atoms with Crippen molar-refractivity contribution in [3.8, 4) is 12.1 Å². The van der Waals surface area contributed by atoms with Crippen LogP contribution >= 0.6 is 0 Å². The van der Waals surface area contributed by atoms with Gasteiger partial charge in [-0.15, -0.1) is 0 Å². The third-order valence-electron chi connectivity index (χ3n) is 4.68. The van der Waals surface area contributed by atoms with Crippen molar-refractivity contribution in [2.75, 3.05) is 33.8 Å². The minimum absolute atomic E-state index is 0.0656. The van der Waals surface area contributed by atoms with Gasteiger partial charge in [0.1, 0.15) is 18.0 Å². The van der Waals surface area contributed by atoms with Gasteiger partial charge in [-0.05, 0) is 43.0 Å². The Kier molecular flexibility index (Phi) is 7.66. The van der Waals surface area contributed by atoms with Crippen LogP contribution < -0.4 is 10.6 Å². The maximum absolute atomic E-state index is 11.5. The molecule has 1 fully saturated rings. The molecule has 0 bridgehead atoms. The summed E-state index contributed by atoms with van der Waals surface area (Å²) in [5.41, 5.74) is 1.78. The minimum Gasteiger partial charge on any atom is -0.465 e. The molecule has 0 radical (unpaired) electrons. The SMILES string of the molecule is CNC(NCC1CCCN(Cc2ccc(C(=O)OC)cc2)C1)=C(C#N)C#N. The number of piperidine rings is 1. The van der Waals surface area contributed by atoms with Crippen molar-refractivity contribution >= 4 is 5.97 Å². The number of benzene rings is 1.